The van der Waals surface area contributed by atoms with E-state index in [9.17, 15) is 4.79 Å². The molecule has 1 aromatic heterocycles. The zero-order chi connectivity index (χ0) is 12.4. The average Bonchev–Trinajstić information content (AvgIpc) is 2.64. The molecule has 0 bridgehead atoms. The number of halogens is 1. The standard InChI is InChI=1S/C11H10ClN3OS/c1-7(16)9-4-3-8(5-10(9)12)17-11-13-6-14-15(11)2/h3-6H,1-2H3. The van der Waals surface area contributed by atoms with Crippen molar-refractivity contribution in [2.24, 2.45) is 7.05 Å². The first kappa shape index (κ1) is 12.1. The van der Waals surface area contributed by atoms with Crippen LogP contribution in [0.25, 0.3) is 0 Å². The maximum absolute atomic E-state index is 11.2. The zero-order valence-electron chi connectivity index (χ0n) is 9.35. The fourth-order valence-electron chi connectivity index (χ4n) is 1.33. The lowest BCUT2D eigenvalue weighted by Crippen LogP contribution is -1.94. The molecule has 0 unspecified atom stereocenters. The Labute approximate surface area is 108 Å². The minimum atomic E-state index is -0.0368. The van der Waals surface area contributed by atoms with Gasteiger partial charge in [0.25, 0.3) is 0 Å². The van der Waals surface area contributed by atoms with Crippen LogP contribution in [0.2, 0.25) is 5.02 Å². The molecule has 0 amide bonds. The van der Waals surface area contributed by atoms with Crippen LogP contribution in [0.4, 0.5) is 0 Å². The Balaban J connectivity index is 2.27. The van der Waals surface area contributed by atoms with Crippen LogP contribution >= 0.6 is 23.4 Å². The van der Waals surface area contributed by atoms with Crippen LogP contribution in [-0.2, 0) is 7.05 Å². The van der Waals surface area contributed by atoms with Crippen LogP contribution in [0.15, 0.2) is 34.6 Å². The van der Waals surface area contributed by atoms with Gasteiger partial charge in [-0.3, -0.25) is 4.79 Å². The van der Waals surface area contributed by atoms with Gasteiger partial charge in [-0.05, 0) is 25.1 Å². The number of aromatic nitrogens is 3. The molecule has 0 aliphatic carbocycles. The predicted octanol–water partition coefficient (Wildman–Crippen LogP) is 2.82. The monoisotopic (exact) mass is 267 g/mol. The van der Waals surface area contributed by atoms with Gasteiger partial charge in [-0.25, -0.2) is 9.67 Å². The number of Topliss-reactive ketones (excluding diaryl/α,β-unsaturated/α-hetero) is 1. The maximum atomic E-state index is 11.2. The van der Waals surface area contributed by atoms with Gasteiger partial charge in [0.05, 0.1) is 5.02 Å². The third-order valence-electron chi connectivity index (χ3n) is 2.20. The summed E-state index contributed by atoms with van der Waals surface area (Å²) in [5, 5.41) is 5.22. The second kappa shape index (κ2) is 4.89. The summed E-state index contributed by atoms with van der Waals surface area (Å²) >= 11 is 7.48. The number of ketones is 1. The lowest BCUT2D eigenvalue weighted by molar-refractivity contribution is 0.101. The van der Waals surface area contributed by atoms with Crippen molar-refractivity contribution in [2.75, 3.05) is 0 Å². The number of carbonyl (C=O) groups excluding carboxylic acids is 1. The second-order valence-electron chi connectivity index (χ2n) is 3.47. The molecule has 0 aliphatic heterocycles. The predicted molar refractivity (Wildman–Crippen MR) is 66.6 cm³/mol. The number of nitrogens with zero attached hydrogens (tertiary/aromatic N) is 3. The van der Waals surface area contributed by atoms with E-state index in [-0.39, 0.29) is 5.78 Å². The van der Waals surface area contributed by atoms with E-state index in [0.717, 1.165) is 10.1 Å². The Morgan fingerprint density at radius 1 is 1.47 bits per heavy atom. The van der Waals surface area contributed by atoms with Crippen molar-refractivity contribution in [3.63, 3.8) is 0 Å². The summed E-state index contributed by atoms with van der Waals surface area (Å²) in [7, 11) is 1.82. The lowest BCUT2D eigenvalue weighted by Gasteiger charge is -2.04. The molecule has 0 N–H and O–H groups in total. The summed E-state index contributed by atoms with van der Waals surface area (Å²) in [4.78, 5) is 16.3. The van der Waals surface area contributed by atoms with Gasteiger partial charge in [0, 0.05) is 17.5 Å². The van der Waals surface area contributed by atoms with Gasteiger partial charge in [0.15, 0.2) is 10.9 Å². The smallest absolute Gasteiger partial charge is 0.190 e. The molecule has 0 fully saturated rings. The molecule has 88 valence electrons. The van der Waals surface area contributed by atoms with E-state index in [2.05, 4.69) is 10.1 Å². The Kier molecular flexibility index (Phi) is 3.49. The Bertz CT molecular complexity index is 568. The number of aryl methyl sites for hydroxylation is 1. The zero-order valence-corrected chi connectivity index (χ0v) is 10.9. The highest BCUT2D eigenvalue weighted by molar-refractivity contribution is 7.99. The maximum Gasteiger partial charge on any atom is 0.190 e. The van der Waals surface area contributed by atoms with E-state index in [1.165, 1.54) is 25.0 Å². The average molecular weight is 268 g/mol. The molecule has 0 atom stereocenters. The van der Waals surface area contributed by atoms with Crippen LogP contribution in [-0.4, -0.2) is 20.5 Å². The van der Waals surface area contributed by atoms with Gasteiger partial charge in [0.1, 0.15) is 6.33 Å². The minimum absolute atomic E-state index is 0.0368. The van der Waals surface area contributed by atoms with Crippen molar-refractivity contribution in [3.8, 4) is 0 Å². The number of benzene rings is 1. The first-order valence-electron chi connectivity index (χ1n) is 4.90. The summed E-state index contributed by atoms with van der Waals surface area (Å²) in [6, 6.07) is 5.34. The van der Waals surface area contributed by atoms with Crippen molar-refractivity contribution in [2.45, 2.75) is 17.0 Å². The Hall–Kier alpha value is -1.33. The van der Waals surface area contributed by atoms with Crippen molar-refractivity contribution in [1.82, 2.24) is 14.8 Å². The van der Waals surface area contributed by atoms with Crippen LogP contribution < -0.4 is 0 Å². The molecule has 0 radical (unpaired) electrons. The van der Waals surface area contributed by atoms with Crippen LogP contribution in [0.1, 0.15) is 17.3 Å². The van der Waals surface area contributed by atoms with Crippen LogP contribution in [0, 0.1) is 0 Å². The van der Waals surface area contributed by atoms with Gasteiger partial charge in [-0.1, -0.05) is 23.4 Å². The summed E-state index contributed by atoms with van der Waals surface area (Å²) in [5.74, 6) is -0.0368. The van der Waals surface area contributed by atoms with Gasteiger partial charge in [0.2, 0.25) is 0 Å². The number of hydrogen-bond donors (Lipinski definition) is 0. The molecule has 0 saturated carbocycles. The highest BCUT2D eigenvalue weighted by Crippen LogP contribution is 2.29. The summed E-state index contributed by atoms with van der Waals surface area (Å²) < 4.78 is 1.68. The van der Waals surface area contributed by atoms with Crippen molar-refractivity contribution in [1.29, 1.82) is 0 Å². The first-order valence-corrected chi connectivity index (χ1v) is 6.09. The van der Waals surface area contributed by atoms with Gasteiger partial charge in [-0.2, -0.15) is 5.10 Å². The van der Waals surface area contributed by atoms with Crippen molar-refractivity contribution < 1.29 is 4.79 Å². The van der Waals surface area contributed by atoms with E-state index < -0.39 is 0 Å². The van der Waals surface area contributed by atoms with Crippen molar-refractivity contribution >= 4 is 29.1 Å². The fourth-order valence-corrected chi connectivity index (χ4v) is 2.51. The van der Waals surface area contributed by atoms with Gasteiger partial charge >= 0.3 is 0 Å². The van der Waals surface area contributed by atoms with Gasteiger partial charge in [-0.15, -0.1) is 0 Å². The van der Waals surface area contributed by atoms with E-state index in [0.29, 0.717) is 10.6 Å². The minimum Gasteiger partial charge on any atom is -0.294 e. The van der Waals surface area contributed by atoms with Crippen molar-refractivity contribution in [3.05, 3.63) is 35.1 Å². The summed E-state index contributed by atoms with van der Waals surface area (Å²) in [6.45, 7) is 1.50. The highest BCUT2D eigenvalue weighted by Gasteiger charge is 2.08. The van der Waals surface area contributed by atoms with Crippen LogP contribution in [0.3, 0.4) is 0 Å². The van der Waals surface area contributed by atoms with E-state index in [1.54, 1.807) is 16.8 Å². The molecule has 2 aromatic rings. The fraction of sp³-hybridized carbons (Fsp3) is 0.182. The van der Waals surface area contributed by atoms with E-state index in [4.69, 9.17) is 11.6 Å². The highest BCUT2D eigenvalue weighted by atomic mass is 35.5. The molecule has 17 heavy (non-hydrogen) atoms. The second-order valence-corrected chi connectivity index (χ2v) is 4.91. The topological polar surface area (TPSA) is 47.8 Å². The third kappa shape index (κ3) is 2.68. The molecule has 4 nitrogen and oxygen atoms in total. The molecule has 2 rings (SSSR count). The van der Waals surface area contributed by atoms with Crippen LogP contribution in [0.5, 0.6) is 0 Å². The molecule has 1 aromatic carbocycles. The van der Waals surface area contributed by atoms with Gasteiger partial charge < -0.3 is 0 Å². The summed E-state index contributed by atoms with van der Waals surface area (Å²) in [5.41, 5.74) is 0.536. The number of rotatable bonds is 3. The number of hydrogen-bond acceptors (Lipinski definition) is 4. The molecule has 0 aliphatic rings. The normalized spacial score (nSPS) is 10.5. The Morgan fingerprint density at radius 3 is 2.76 bits per heavy atom. The molecule has 0 saturated heterocycles. The van der Waals surface area contributed by atoms with E-state index in [1.807, 2.05) is 13.1 Å². The quantitative estimate of drug-likeness (QED) is 0.803. The summed E-state index contributed by atoms with van der Waals surface area (Å²) in [6.07, 6.45) is 1.49. The molecular formula is C11H10ClN3OS. The third-order valence-corrected chi connectivity index (χ3v) is 3.55. The molecule has 0 spiro atoms. The Morgan fingerprint density at radius 2 is 2.24 bits per heavy atom. The van der Waals surface area contributed by atoms with E-state index >= 15 is 0 Å². The largest absolute Gasteiger partial charge is 0.294 e. The lowest BCUT2D eigenvalue weighted by atomic mass is 10.1. The molecular weight excluding hydrogens is 258 g/mol. The molecule has 1 heterocycles. The SMILES string of the molecule is CC(=O)c1ccc(Sc2ncnn2C)cc1Cl. The molecule has 6 heteroatoms. The number of carbonyl (C=O) groups is 1. The first-order chi connectivity index (χ1) is 8.08.